The number of nitro groups is 1. The maximum absolute atomic E-state index is 12.1. The molecule has 0 saturated heterocycles. The second kappa shape index (κ2) is 8.01. The van der Waals surface area contributed by atoms with Gasteiger partial charge in [-0.3, -0.25) is 19.3 Å². The van der Waals surface area contributed by atoms with E-state index in [-0.39, 0.29) is 22.9 Å². The second-order valence-corrected chi connectivity index (χ2v) is 6.34. The Morgan fingerprint density at radius 2 is 2.11 bits per heavy atom. The van der Waals surface area contributed by atoms with Crippen molar-refractivity contribution in [2.45, 2.75) is 13.5 Å². The van der Waals surface area contributed by atoms with E-state index >= 15 is 0 Å². The zero-order valence-corrected chi connectivity index (χ0v) is 15.4. The fourth-order valence-corrected chi connectivity index (χ4v) is 2.65. The smallest absolute Gasteiger partial charge is 0.331 e. The van der Waals surface area contributed by atoms with E-state index in [4.69, 9.17) is 16.3 Å². The first-order valence-corrected chi connectivity index (χ1v) is 8.49. The lowest BCUT2D eigenvalue weighted by Crippen LogP contribution is -2.16. The van der Waals surface area contributed by atoms with Crippen LogP contribution in [-0.2, 0) is 16.1 Å². The van der Waals surface area contributed by atoms with Gasteiger partial charge in [0.1, 0.15) is 17.3 Å². The van der Waals surface area contributed by atoms with Crippen molar-refractivity contribution in [3.63, 3.8) is 0 Å². The number of carbonyl (C=O) groups excluding carboxylic acids is 1. The van der Waals surface area contributed by atoms with Crippen molar-refractivity contribution in [1.29, 1.82) is 0 Å². The van der Waals surface area contributed by atoms with Gasteiger partial charge in [-0.25, -0.2) is 9.78 Å². The highest BCUT2D eigenvalue weighted by Crippen LogP contribution is 2.25. The summed E-state index contributed by atoms with van der Waals surface area (Å²) in [7, 11) is 0. The number of hydrogen-bond donors (Lipinski definition) is 0. The monoisotopic (exact) mass is 399 g/mol. The van der Waals surface area contributed by atoms with Gasteiger partial charge in [0.15, 0.2) is 0 Å². The molecular formula is C19H14ClN3O5. The third-order valence-electron chi connectivity index (χ3n) is 3.80. The summed E-state index contributed by atoms with van der Waals surface area (Å²) in [6, 6.07) is 8.98. The summed E-state index contributed by atoms with van der Waals surface area (Å²) < 4.78 is 6.49. The van der Waals surface area contributed by atoms with E-state index in [2.05, 4.69) is 4.98 Å². The number of esters is 1. The van der Waals surface area contributed by atoms with Gasteiger partial charge in [-0.05, 0) is 36.3 Å². The van der Waals surface area contributed by atoms with Gasteiger partial charge in [0.05, 0.1) is 10.6 Å². The highest BCUT2D eigenvalue weighted by molar-refractivity contribution is 6.32. The van der Waals surface area contributed by atoms with Crippen molar-refractivity contribution in [2.24, 2.45) is 0 Å². The molecule has 0 bridgehead atoms. The molecule has 2 aromatic heterocycles. The molecule has 0 spiro atoms. The van der Waals surface area contributed by atoms with Crippen molar-refractivity contribution >= 4 is 35.0 Å². The molecule has 142 valence electrons. The molecule has 9 heteroatoms. The van der Waals surface area contributed by atoms with Crippen molar-refractivity contribution < 1.29 is 14.5 Å². The number of nitro benzene ring substituents is 1. The number of pyridine rings is 1. The summed E-state index contributed by atoms with van der Waals surface area (Å²) in [5.74, 6) is -0.677. The number of aryl methyl sites for hydroxylation is 1. The zero-order valence-electron chi connectivity index (χ0n) is 14.7. The molecule has 3 aromatic rings. The topological polar surface area (TPSA) is 104 Å². The van der Waals surface area contributed by atoms with Crippen LogP contribution >= 0.6 is 11.6 Å². The van der Waals surface area contributed by atoms with Gasteiger partial charge in [0.25, 0.3) is 11.2 Å². The standard InChI is InChI=1S/C19H14ClN3O5/c1-12-2-6-17-21-14(9-18(24)22(17)10-12)11-28-19(25)7-4-13-3-5-15(20)16(8-13)23(26)27/h2-10H,11H2,1H3/b7-4+. The van der Waals surface area contributed by atoms with Crippen LogP contribution in [0.3, 0.4) is 0 Å². The highest BCUT2D eigenvalue weighted by atomic mass is 35.5. The maximum atomic E-state index is 12.1. The van der Waals surface area contributed by atoms with Crippen LogP contribution in [0.5, 0.6) is 0 Å². The number of carbonyl (C=O) groups is 1. The molecular weight excluding hydrogens is 386 g/mol. The average Bonchev–Trinajstić information content (AvgIpc) is 2.66. The summed E-state index contributed by atoms with van der Waals surface area (Å²) in [6.45, 7) is 1.69. The Labute approximate surface area is 163 Å². The molecule has 0 aliphatic carbocycles. The van der Waals surface area contributed by atoms with Crippen LogP contribution < -0.4 is 5.56 Å². The molecule has 0 radical (unpaired) electrons. The van der Waals surface area contributed by atoms with E-state index in [0.29, 0.717) is 16.9 Å². The largest absolute Gasteiger partial charge is 0.456 e. The Kier molecular flexibility index (Phi) is 5.51. The number of ether oxygens (including phenoxy) is 1. The second-order valence-electron chi connectivity index (χ2n) is 5.93. The van der Waals surface area contributed by atoms with Crippen LogP contribution in [0.1, 0.15) is 16.8 Å². The van der Waals surface area contributed by atoms with E-state index < -0.39 is 10.9 Å². The molecule has 0 atom stereocenters. The molecule has 0 fully saturated rings. The molecule has 0 amide bonds. The van der Waals surface area contributed by atoms with Gasteiger partial charge in [0, 0.05) is 24.4 Å². The molecule has 8 nitrogen and oxygen atoms in total. The number of rotatable bonds is 5. The highest BCUT2D eigenvalue weighted by Gasteiger charge is 2.12. The summed E-state index contributed by atoms with van der Waals surface area (Å²) in [4.78, 5) is 38.6. The Morgan fingerprint density at radius 3 is 2.86 bits per heavy atom. The van der Waals surface area contributed by atoms with Crippen LogP contribution in [0.25, 0.3) is 11.7 Å². The molecule has 0 aliphatic rings. The van der Waals surface area contributed by atoms with Gasteiger partial charge < -0.3 is 4.74 Å². The number of nitrogens with zero attached hydrogens (tertiary/aromatic N) is 3. The minimum absolute atomic E-state index is 0.00795. The summed E-state index contributed by atoms with van der Waals surface area (Å²) in [6.07, 6.45) is 4.18. The van der Waals surface area contributed by atoms with Crippen molar-refractivity contribution in [1.82, 2.24) is 9.38 Å². The molecule has 3 rings (SSSR count). The number of hydrogen-bond acceptors (Lipinski definition) is 6. The normalized spacial score (nSPS) is 11.1. The van der Waals surface area contributed by atoms with E-state index in [1.54, 1.807) is 12.3 Å². The lowest BCUT2D eigenvalue weighted by molar-refractivity contribution is -0.384. The Morgan fingerprint density at radius 1 is 1.32 bits per heavy atom. The third kappa shape index (κ3) is 4.41. The third-order valence-corrected chi connectivity index (χ3v) is 4.12. The molecule has 2 heterocycles. The summed E-state index contributed by atoms with van der Waals surface area (Å²) in [5.41, 5.74) is 1.58. The Balaban J connectivity index is 1.69. The van der Waals surface area contributed by atoms with E-state index in [1.807, 2.05) is 13.0 Å². The molecule has 1 aromatic carbocycles. The van der Waals surface area contributed by atoms with Gasteiger partial charge in [-0.1, -0.05) is 23.7 Å². The average molecular weight is 400 g/mol. The number of benzene rings is 1. The first kappa shape index (κ1) is 19.2. The molecule has 0 unspecified atom stereocenters. The number of fused-ring (bicyclic) bond motifs is 1. The number of aromatic nitrogens is 2. The SMILES string of the molecule is Cc1ccc2nc(COC(=O)/C=C/c3ccc(Cl)c([N+](=O)[O-])c3)cc(=O)n2c1. The minimum atomic E-state index is -0.677. The van der Waals surface area contributed by atoms with Crippen molar-refractivity contribution in [2.75, 3.05) is 0 Å². The van der Waals surface area contributed by atoms with Crippen molar-refractivity contribution in [3.8, 4) is 0 Å². The Hall–Kier alpha value is -3.52. The predicted octanol–water partition coefficient (Wildman–Crippen LogP) is 3.32. The van der Waals surface area contributed by atoms with Gasteiger partial charge in [-0.15, -0.1) is 0 Å². The van der Waals surface area contributed by atoms with E-state index in [9.17, 15) is 19.7 Å². The first-order chi connectivity index (χ1) is 13.3. The lowest BCUT2D eigenvalue weighted by Gasteiger charge is -2.05. The Bertz CT molecular complexity index is 1170. The van der Waals surface area contributed by atoms with Crippen LogP contribution in [0.4, 0.5) is 5.69 Å². The summed E-state index contributed by atoms with van der Waals surface area (Å²) in [5, 5.41) is 10.9. The molecule has 0 saturated carbocycles. The fraction of sp³-hybridized carbons (Fsp3) is 0.105. The van der Waals surface area contributed by atoms with Gasteiger partial charge in [-0.2, -0.15) is 0 Å². The van der Waals surface area contributed by atoms with E-state index in [0.717, 1.165) is 11.6 Å². The lowest BCUT2D eigenvalue weighted by atomic mass is 10.2. The first-order valence-electron chi connectivity index (χ1n) is 8.11. The van der Waals surface area contributed by atoms with Gasteiger partial charge >= 0.3 is 5.97 Å². The van der Waals surface area contributed by atoms with Crippen molar-refractivity contribution in [3.05, 3.63) is 91.0 Å². The predicted molar refractivity (Wildman–Crippen MR) is 103 cm³/mol. The fourth-order valence-electron chi connectivity index (χ4n) is 2.46. The molecule has 0 aliphatic heterocycles. The minimum Gasteiger partial charge on any atom is -0.456 e. The molecule has 28 heavy (non-hydrogen) atoms. The van der Waals surface area contributed by atoms with Crippen LogP contribution in [0.15, 0.2) is 53.5 Å². The van der Waals surface area contributed by atoms with Crippen LogP contribution in [0, 0.1) is 17.0 Å². The zero-order chi connectivity index (χ0) is 20.3. The van der Waals surface area contributed by atoms with Crippen LogP contribution in [-0.4, -0.2) is 20.3 Å². The van der Waals surface area contributed by atoms with E-state index in [1.165, 1.54) is 34.7 Å². The van der Waals surface area contributed by atoms with Crippen LogP contribution in [0.2, 0.25) is 5.02 Å². The molecule has 0 N–H and O–H groups in total. The number of halogens is 1. The van der Waals surface area contributed by atoms with Gasteiger partial charge in [0.2, 0.25) is 0 Å². The summed E-state index contributed by atoms with van der Waals surface area (Å²) >= 11 is 5.74. The quantitative estimate of drug-likeness (QED) is 0.282. The maximum Gasteiger partial charge on any atom is 0.331 e.